The molecule has 1 unspecified atom stereocenters. The summed E-state index contributed by atoms with van der Waals surface area (Å²) in [4.78, 5) is 2.26. The second kappa shape index (κ2) is 6.19. The minimum atomic E-state index is -0.133. The van der Waals surface area contributed by atoms with Gasteiger partial charge in [-0.3, -0.25) is 4.90 Å². The van der Waals surface area contributed by atoms with Gasteiger partial charge in [-0.05, 0) is 19.0 Å². The molecule has 0 saturated carbocycles. The van der Waals surface area contributed by atoms with Crippen molar-refractivity contribution in [2.45, 2.75) is 25.9 Å². The third-order valence-corrected chi connectivity index (χ3v) is 3.58. The highest BCUT2D eigenvalue weighted by atomic mass is 16.5. The smallest absolute Gasteiger partial charge is 0.0947 e. The topological polar surface area (TPSA) is 51.6 Å². The average molecular weight is 240 g/mol. The molecule has 0 aromatic carbocycles. The van der Waals surface area contributed by atoms with E-state index in [4.69, 9.17) is 14.9 Å². The molecule has 98 valence electrons. The molecule has 2 N–H and O–H groups in total. The van der Waals surface area contributed by atoms with E-state index >= 15 is 0 Å². The molecule has 0 aliphatic carbocycles. The van der Waals surface area contributed by atoms with Gasteiger partial charge in [-0.25, -0.2) is 0 Å². The van der Waals surface area contributed by atoms with E-state index in [-0.39, 0.29) is 5.54 Å². The Morgan fingerprint density at radius 2 is 2.24 bits per heavy atom. The number of furan rings is 1. The first kappa shape index (κ1) is 14.2. The number of nitrogens with zero attached hydrogens (tertiary/aromatic N) is 1. The molecule has 17 heavy (non-hydrogen) atoms. The van der Waals surface area contributed by atoms with Crippen LogP contribution in [-0.2, 0) is 11.3 Å². The molecule has 0 spiro atoms. The number of hydrogen-bond donors (Lipinski definition) is 1. The fourth-order valence-electron chi connectivity index (χ4n) is 2.23. The number of ether oxygens (including phenoxy) is 1. The average Bonchev–Trinajstić information content (AvgIpc) is 2.78. The molecule has 0 radical (unpaired) electrons. The molecule has 1 aromatic rings. The number of methoxy groups -OCH3 is 1. The minimum Gasteiger partial charge on any atom is -0.472 e. The van der Waals surface area contributed by atoms with Gasteiger partial charge in [0.2, 0.25) is 0 Å². The number of rotatable bonds is 7. The maximum atomic E-state index is 5.98. The first-order valence-corrected chi connectivity index (χ1v) is 5.98. The lowest BCUT2D eigenvalue weighted by Crippen LogP contribution is -2.58. The SMILES string of the molecule is COCC(CN)(C(C)C)N(C)Cc1ccoc1. The Balaban J connectivity index is 2.81. The van der Waals surface area contributed by atoms with Crippen LogP contribution in [0, 0.1) is 5.92 Å². The van der Waals surface area contributed by atoms with Crippen molar-refractivity contribution in [2.75, 3.05) is 27.3 Å². The van der Waals surface area contributed by atoms with E-state index in [9.17, 15) is 0 Å². The van der Waals surface area contributed by atoms with Gasteiger partial charge in [-0.2, -0.15) is 0 Å². The van der Waals surface area contributed by atoms with Crippen molar-refractivity contribution in [3.05, 3.63) is 24.2 Å². The molecule has 0 bridgehead atoms. The standard InChI is InChI=1S/C13H24N2O2/c1-11(2)13(9-14,10-16-4)15(3)7-12-5-6-17-8-12/h5-6,8,11H,7,9-10,14H2,1-4H3. The van der Waals surface area contributed by atoms with Crippen molar-refractivity contribution in [1.82, 2.24) is 4.90 Å². The highest BCUT2D eigenvalue weighted by Gasteiger charge is 2.36. The molecule has 4 nitrogen and oxygen atoms in total. The van der Waals surface area contributed by atoms with Gasteiger partial charge in [-0.15, -0.1) is 0 Å². The summed E-state index contributed by atoms with van der Waals surface area (Å²) >= 11 is 0. The van der Waals surface area contributed by atoms with E-state index < -0.39 is 0 Å². The van der Waals surface area contributed by atoms with Gasteiger partial charge in [0.05, 0.1) is 24.7 Å². The summed E-state index contributed by atoms with van der Waals surface area (Å²) in [5.74, 6) is 0.421. The van der Waals surface area contributed by atoms with Crippen LogP contribution in [-0.4, -0.2) is 37.7 Å². The van der Waals surface area contributed by atoms with Crippen LogP contribution in [0.1, 0.15) is 19.4 Å². The zero-order valence-electron chi connectivity index (χ0n) is 11.3. The van der Waals surface area contributed by atoms with E-state index in [2.05, 4.69) is 25.8 Å². The molecule has 0 aliphatic heterocycles. The van der Waals surface area contributed by atoms with Crippen LogP contribution in [0.15, 0.2) is 23.0 Å². The van der Waals surface area contributed by atoms with Gasteiger partial charge in [-0.1, -0.05) is 13.8 Å². The van der Waals surface area contributed by atoms with Gasteiger partial charge in [0, 0.05) is 25.8 Å². The lowest BCUT2D eigenvalue weighted by molar-refractivity contribution is -0.00562. The van der Waals surface area contributed by atoms with Crippen molar-refractivity contribution in [3.8, 4) is 0 Å². The molecule has 1 aromatic heterocycles. The summed E-state index contributed by atoms with van der Waals surface area (Å²) in [5, 5.41) is 0. The summed E-state index contributed by atoms with van der Waals surface area (Å²) < 4.78 is 10.4. The molecule has 1 rings (SSSR count). The van der Waals surface area contributed by atoms with Crippen LogP contribution in [0.3, 0.4) is 0 Å². The van der Waals surface area contributed by atoms with Crippen LogP contribution in [0.5, 0.6) is 0 Å². The van der Waals surface area contributed by atoms with E-state index in [1.165, 1.54) is 0 Å². The summed E-state index contributed by atoms with van der Waals surface area (Å²) in [6, 6.07) is 1.98. The molecule has 4 heteroatoms. The molecular weight excluding hydrogens is 216 g/mol. The van der Waals surface area contributed by atoms with Crippen molar-refractivity contribution in [2.24, 2.45) is 11.7 Å². The predicted octanol–water partition coefficient (Wildman–Crippen LogP) is 1.71. The third kappa shape index (κ3) is 3.09. The van der Waals surface area contributed by atoms with Gasteiger partial charge >= 0.3 is 0 Å². The molecule has 0 amide bonds. The number of nitrogens with two attached hydrogens (primary N) is 1. The fraction of sp³-hybridized carbons (Fsp3) is 0.692. The Labute approximate surface area is 104 Å². The van der Waals surface area contributed by atoms with E-state index in [0.717, 1.165) is 12.1 Å². The van der Waals surface area contributed by atoms with Gasteiger partial charge < -0.3 is 14.9 Å². The van der Waals surface area contributed by atoms with Crippen LogP contribution in [0.4, 0.5) is 0 Å². The summed E-state index contributed by atoms with van der Waals surface area (Å²) in [6.45, 7) is 6.38. The minimum absolute atomic E-state index is 0.133. The van der Waals surface area contributed by atoms with E-state index in [1.54, 1.807) is 19.6 Å². The quantitative estimate of drug-likeness (QED) is 0.788. The molecular formula is C13H24N2O2. The Morgan fingerprint density at radius 3 is 2.65 bits per heavy atom. The van der Waals surface area contributed by atoms with Crippen LogP contribution in [0.25, 0.3) is 0 Å². The lowest BCUT2D eigenvalue weighted by Gasteiger charge is -2.44. The molecule has 0 fully saturated rings. The Hall–Kier alpha value is -0.840. The van der Waals surface area contributed by atoms with Gasteiger partial charge in [0.1, 0.15) is 0 Å². The molecule has 0 saturated heterocycles. The number of hydrogen-bond acceptors (Lipinski definition) is 4. The number of likely N-dealkylation sites (N-methyl/N-ethyl adjacent to an activating group) is 1. The lowest BCUT2D eigenvalue weighted by atomic mass is 9.85. The van der Waals surface area contributed by atoms with Gasteiger partial charge in [0.25, 0.3) is 0 Å². The largest absolute Gasteiger partial charge is 0.472 e. The third-order valence-electron chi connectivity index (χ3n) is 3.58. The van der Waals surface area contributed by atoms with Crippen molar-refractivity contribution >= 4 is 0 Å². The van der Waals surface area contributed by atoms with Crippen LogP contribution in [0.2, 0.25) is 0 Å². The van der Waals surface area contributed by atoms with E-state index in [1.807, 2.05) is 6.07 Å². The van der Waals surface area contributed by atoms with Crippen LogP contribution < -0.4 is 5.73 Å². The molecule has 1 atom stereocenters. The zero-order chi connectivity index (χ0) is 12.9. The van der Waals surface area contributed by atoms with Crippen molar-refractivity contribution in [1.29, 1.82) is 0 Å². The predicted molar refractivity (Wildman–Crippen MR) is 68.7 cm³/mol. The highest BCUT2D eigenvalue weighted by molar-refractivity contribution is 5.07. The van der Waals surface area contributed by atoms with E-state index in [0.29, 0.717) is 19.1 Å². The zero-order valence-corrected chi connectivity index (χ0v) is 11.3. The second-order valence-electron chi connectivity index (χ2n) is 4.88. The van der Waals surface area contributed by atoms with Crippen molar-refractivity contribution in [3.63, 3.8) is 0 Å². The summed E-state index contributed by atoms with van der Waals surface area (Å²) in [7, 11) is 3.80. The maximum absolute atomic E-state index is 5.98. The first-order chi connectivity index (χ1) is 8.06. The van der Waals surface area contributed by atoms with Crippen molar-refractivity contribution < 1.29 is 9.15 Å². The normalized spacial score (nSPS) is 15.5. The monoisotopic (exact) mass is 240 g/mol. The Morgan fingerprint density at radius 1 is 1.53 bits per heavy atom. The van der Waals surface area contributed by atoms with Gasteiger partial charge in [0.15, 0.2) is 0 Å². The maximum Gasteiger partial charge on any atom is 0.0947 e. The highest BCUT2D eigenvalue weighted by Crippen LogP contribution is 2.25. The Bertz CT molecular complexity index is 311. The second-order valence-corrected chi connectivity index (χ2v) is 4.88. The summed E-state index contributed by atoms with van der Waals surface area (Å²) in [6.07, 6.45) is 3.46. The fourth-order valence-corrected chi connectivity index (χ4v) is 2.23. The molecule has 0 aliphatic rings. The Kier molecular flexibility index (Phi) is 5.18. The van der Waals surface area contributed by atoms with Crippen LogP contribution >= 0.6 is 0 Å². The first-order valence-electron chi connectivity index (χ1n) is 5.98. The molecule has 1 heterocycles. The summed E-state index contributed by atoms with van der Waals surface area (Å²) in [5.41, 5.74) is 7.00.